The van der Waals surface area contributed by atoms with Gasteiger partial charge in [0.15, 0.2) is 5.58 Å². The normalized spacial score (nSPS) is 17.4. The number of aliphatic hydroxyl groups is 1. The molecule has 8 nitrogen and oxygen atoms in total. The largest absolute Gasteiger partial charge is 0.492 e. The Morgan fingerprint density at radius 3 is 2.20 bits per heavy atom. The fraction of sp³-hybridized carbons (Fsp3) is 0.459. The van der Waals surface area contributed by atoms with E-state index in [1.54, 1.807) is 0 Å². The summed E-state index contributed by atoms with van der Waals surface area (Å²) in [7, 11) is -1.99. The van der Waals surface area contributed by atoms with Gasteiger partial charge < -0.3 is 28.8 Å². The molecule has 2 heterocycles. The zero-order chi connectivity index (χ0) is 32.3. The van der Waals surface area contributed by atoms with Crippen LogP contribution in [0.2, 0.25) is 0 Å². The average molecular weight is 643 g/mol. The Hall–Kier alpha value is -3.66. The van der Waals surface area contributed by atoms with Crippen molar-refractivity contribution in [2.45, 2.75) is 72.0 Å². The molecule has 244 valence electrons. The Labute approximate surface area is 273 Å². The molecule has 1 saturated carbocycles. The van der Waals surface area contributed by atoms with E-state index in [0.29, 0.717) is 42.5 Å². The predicted molar refractivity (Wildman–Crippen MR) is 181 cm³/mol. The van der Waals surface area contributed by atoms with Crippen molar-refractivity contribution in [1.29, 1.82) is 0 Å². The number of aromatic nitrogens is 1. The molecule has 9 heteroatoms. The van der Waals surface area contributed by atoms with Crippen LogP contribution in [0.3, 0.4) is 0 Å². The second-order valence-electron chi connectivity index (χ2n) is 14.2. The first-order chi connectivity index (χ1) is 22.2. The molecule has 0 radical (unpaired) electrons. The van der Waals surface area contributed by atoms with E-state index in [1.807, 2.05) is 12.1 Å². The third kappa shape index (κ3) is 7.01. The van der Waals surface area contributed by atoms with Crippen molar-refractivity contribution in [2.75, 3.05) is 19.7 Å². The third-order valence-corrected chi connectivity index (χ3v) is 12.4. The molecule has 1 aliphatic carbocycles. The summed E-state index contributed by atoms with van der Waals surface area (Å²) in [6.45, 7) is 8.23. The Morgan fingerprint density at radius 1 is 1.02 bits per heavy atom. The number of likely N-dealkylation sites (tertiary alicyclic amines) is 1. The first kappa shape index (κ1) is 32.3. The lowest BCUT2D eigenvalue weighted by Crippen LogP contribution is -2.53. The van der Waals surface area contributed by atoms with Gasteiger partial charge in [-0.05, 0) is 72.4 Å². The van der Waals surface area contributed by atoms with Crippen molar-refractivity contribution < 1.29 is 28.7 Å². The predicted octanol–water partition coefficient (Wildman–Crippen LogP) is 5.77. The van der Waals surface area contributed by atoms with Crippen molar-refractivity contribution >= 4 is 36.5 Å². The van der Waals surface area contributed by atoms with Gasteiger partial charge in [0.05, 0.1) is 30.6 Å². The molecule has 2 fully saturated rings. The Kier molecular flexibility index (Phi) is 9.54. The van der Waals surface area contributed by atoms with Crippen molar-refractivity contribution in [1.82, 2.24) is 10.1 Å². The summed E-state index contributed by atoms with van der Waals surface area (Å²) in [6, 6.07) is 25.2. The minimum atomic E-state index is -1.99. The first-order valence-electron chi connectivity index (χ1n) is 16.6. The van der Waals surface area contributed by atoms with Crippen LogP contribution in [0.5, 0.6) is 5.75 Å². The van der Waals surface area contributed by atoms with Crippen LogP contribution >= 0.6 is 0 Å². The van der Waals surface area contributed by atoms with E-state index in [4.69, 9.17) is 13.7 Å². The number of carbonyl (C=O) groups is 1. The summed E-state index contributed by atoms with van der Waals surface area (Å²) in [5.41, 5.74) is 1.83. The van der Waals surface area contributed by atoms with Crippen molar-refractivity contribution in [3.8, 4) is 5.75 Å². The van der Waals surface area contributed by atoms with Crippen LogP contribution in [-0.2, 0) is 17.5 Å². The number of rotatable bonds is 12. The summed E-state index contributed by atoms with van der Waals surface area (Å²) in [6.07, 6.45) is 4.59. The SMILES string of the molecule is CC(C)(C)C(O[SiH](c1ccccc1)c1ccccc1)C1(COc2ccc3c(CCC4CCN(C(=O)O)CC4)noc3c2CO)CC1. The number of hydrogen-bond acceptors (Lipinski definition) is 6. The molecular formula is C37H46N2O6Si. The number of nitrogens with zero attached hydrogens (tertiary/aromatic N) is 2. The smallest absolute Gasteiger partial charge is 0.407 e. The van der Waals surface area contributed by atoms with E-state index < -0.39 is 15.1 Å². The van der Waals surface area contributed by atoms with E-state index in [2.05, 4.69) is 86.6 Å². The van der Waals surface area contributed by atoms with Gasteiger partial charge in [0, 0.05) is 23.9 Å². The lowest BCUT2D eigenvalue weighted by molar-refractivity contribution is 0.000764. The number of aliphatic hydroxyl groups excluding tert-OH is 1. The van der Waals surface area contributed by atoms with E-state index in [9.17, 15) is 15.0 Å². The maximum absolute atomic E-state index is 11.2. The molecule has 1 amide bonds. The van der Waals surface area contributed by atoms with Crippen LogP contribution < -0.4 is 15.1 Å². The number of carboxylic acid groups (broad SMARTS) is 1. The highest BCUT2D eigenvalue weighted by Gasteiger charge is 2.55. The Morgan fingerprint density at radius 2 is 1.65 bits per heavy atom. The Balaban J connectivity index is 1.17. The summed E-state index contributed by atoms with van der Waals surface area (Å²) < 4.78 is 19.6. The lowest BCUT2D eigenvalue weighted by atomic mass is 9.79. The van der Waals surface area contributed by atoms with E-state index in [-0.39, 0.29) is 23.5 Å². The molecular weight excluding hydrogens is 597 g/mol. The fourth-order valence-electron chi connectivity index (χ4n) is 7.18. The monoisotopic (exact) mass is 642 g/mol. The van der Waals surface area contributed by atoms with Gasteiger partial charge in [-0.1, -0.05) is 86.6 Å². The van der Waals surface area contributed by atoms with E-state index >= 15 is 0 Å². The second-order valence-corrected chi connectivity index (χ2v) is 16.6. The van der Waals surface area contributed by atoms with Crippen molar-refractivity contribution in [3.05, 3.63) is 84.1 Å². The van der Waals surface area contributed by atoms with Crippen molar-refractivity contribution in [3.63, 3.8) is 0 Å². The van der Waals surface area contributed by atoms with E-state index in [0.717, 1.165) is 49.6 Å². The first-order valence-corrected chi connectivity index (χ1v) is 18.2. The molecule has 1 aromatic heterocycles. The quantitative estimate of drug-likeness (QED) is 0.189. The van der Waals surface area contributed by atoms with Gasteiger partial charge in [-0.25, -0.2) is 4.79 Å². The van der Waals surface area contributed by atoms with Crippen LogP contribution in [-0.4, -0.2) is 61.2 Å². The van der Waals surface area contributed by atoms with Gasteiger partial charge in [0.1, 0.15) is 5.75 Å². The van der Waals surface area contributed by atoms with Crippen LogP contribution in [0.25, 0.3) is 11.0 Å². The van der Waals surface area contributed by atoms with Gasteiger partial charge in [-0.3, -0.25) is 0 Å². The number of aryl methyl sites for hydroxylation is 1. The summed E-state index contributed by atoms with van der Waals surface area (Å²) in [5.74, 6) is 1.08. The number of benzene rings is 3. The zero-order valence-corrected chi connectivity index (χ0v) is 28.3. The van der Waals surface area contributed by atoms with Crippen LogP contribution in [0.15, 0.2) is 77.3 Å². The summed E-state index contributed by atoms with van der Waals surface area (Å²) in [5, 5.41) is 27.5. The maximum atomic E-state index is 11.2. The van der Waals surface area contributed by atoms with Gasteiger partial charge >= 0.3 is 6.09 Å². The molecule has 4 aromatic rings. The van der Waals surface area contributed by atoms with Gasteiger partial charge in [0.25, 0.3) is 0 Å². The fourth-order valence-corrected chi connectivity index (χ4v) is 9.99. The molecule has 2 N–H and O–H groups in total. The topological polar surface area (TPSA) is 105 Å². The molecule has 1 aliphatic heterocycles. The number of fused-ring (bicyclic) bond motifs is 1. The second kappa shape index (κ2) is 13.6. The molecule has 2 aliphatic rings. The number of hydrogen-bond donors (Lipinski definition) is 2. The van der Waals surface area contributed by atoms with E-state index in [1.165, 1.54) is 15.3 Å². The molecule has 6 rings (SSSR count). The highest BCUT2D eigenvalue weighted by Crippen LogP contribution is 2.55. The summed E-state index contributed by atoms with van der Waals surface area (Å²) >= 11 is 0. The molecule has 1 unspecified atom stereocenters. The average Bonchev–Trinajstić information content (AvgIpc) is 3.73. The zero-order valence-electron chi connectivity index (χ0n) is 27.2. The minimum absolute atomic E-state index is 0.0161. The van der Waals surface area contributed by atoms with Gasteiger partial charge in [-0.15, -0.1) is 0 Å². The number of ether oxygens (including phenoxy) is 1. The third-order valence-electron chi connectivity index (χ3n) is 9.84. The Bertz CT molecular complexity index is 1570. The molecule has 46 heavy (non-hydrogen) atoms. The van der Waals surface area contributed by atoms with Gasteiger partial charge in [0.2, 0.25) is 9.04 Å². The standard InChI is InChI=1S/C37H46N2O6Si/c1-36(2,3)34(45-46(27-10-6-4-7-11-27)28-12-8-5-9-13-28)37(20-21-37)25-43-32-17-15-29-31(38-44-33(29)30(32)24-40)16-14-26-18-22-39(23-19-26)35(41)42/h4-13,15,17,26,34,40,46H,14,16,18-25H2,1-3H3,(H,41,42). The van der Waals surface area contributed by atoms with Crippen LogP contribution in [0, 0.1) is 16.7 Å². The number of amides is 1. The van der Waals surface area contributed by atoms with Crippen molar-refractivity contribution in [2.24, 2.45) is 16.7 Å². The van der Waals surface area contributed by atoms with Gasteiger partial charge in [-0.2, -0.15) is 0 Å². The maximum Gasteiger partial charge on any atom is 0.407 e. The van der Waals surface area contributed by atoms with Crippen LogP contribution in [0.1, 0.15) is 64.1 Å². The molecule has 1 saturated heterocycles. The molecule has 0 bridgehead atoms. The number of piperidine rings is 1. The van der Waals surface area contributed by atoms with Crippen LogP contribution in [0.4, 0.5) is 4.79 Å². The molecule has 0 spiro atoms. The molecule has 3 aromatic carbocycles. The highest BCUT2D eigenvalue weighted by molar-refractivity contribution is 6.80. The highest BCUT2D eigenvalue weighted by atomic mass is 28.3. The lowest BCUT2D eigenvalue weighted by Gasteiger charge is -2.40. The minimum Gasteiger partial charge on any atom is -0.492 e. The molecule has 1 atom stereocenters. The summed E-state index contributed by atoms with van der Waals surface area (Å²) in [4.78, 5) is 12.7.